The number of piperidine rings is 1. The molecule has 0 bridgehead atoms. The van der Waals surface area contributed by atoms with E-state index in [1.807, 2.05) is 0 Å². The van der Waals surface area contributed by atoms with Crippen molar-refractivity contribution in [3.8, 4) is 0 Å². The predicted octanol–water partition coefficient (Wildman–Crippen LogP) is 1.53. The lowest BCUT2D eigenvalue weighted by molar-refractivity contribution is 0.368. The average Bonchev–Trinajstić information content (AvgIpc) is 2.99. The first-order valence-corrected chi connectivity index (χ1v) is 6.73. The van der Waals surface area contributed by atoms with Gasteiger partial charge in [0.25, 0.3) is 0 Å². The number of hydrogen-bond donors (Lipinski definition) is 2. The summed E-state index contributed by atoms with van der Waals surface area (Å²) in [5, 5.41) is 6.81. The number of nitrogens with zero attached hydrogens (tertiary/aromatic N) is 1. The lowest BCUT2D eigenvalue weighted by Crippen LogP contribution is -2.28. The highest BCUT2D eigenvalue weighted by molar-refractivity contribution is 5.17. The van der Waals surface area contributed by atoms with Crippen LogP contribution in [-0.2, 0) is 0 Å². The molecule has 3 rings (SSSR count). The van der Waals surface area contributed by atoms with Gasteiger partial charge in [-0.1, -0.05) is 0 Å². The molecule has 4 heteroatoms. The minimum atomic E-state index is 0.477. The van der Waals surface area contributed by atoms with Gasteiger partial charge in [0.05, 0.1) is 5.69 Å². The van der Waals surface area contributed by atoms with Crippen molar-refractivity contribution in [1.82, 2.24) is 15.6 Å². The van der Waals surface area contributed by atoms with Crippen LogP contribution in [0.2, 0.25) is 0 Å². The first-order valence-electron chi connectivity index (χ1n) is 6.73. The highest BCUT2D eigenvalue weighted by Crippen LogP contribution is 2.29. The fourth-order valence-electron chi connectivity index (χ4n) is 2.93. The third kappa shape index (κ3) is 2.24. The Labute approximate surface area is 102 Å². The SMILES string of the molecule is Cc1oc(C2CCCNC2)nc1C1CCNC1. The lowest BCUT2D eigenvalue weighted by atomic mass is 9.99. The highest BCUT2D eigenvalue weighted by Gasteiger charge is 2.26. The van der Waals surface area contributed by atoms with Gasteiger partial charge in [0, 0.05) is 24.9 Å². The van der Waals surface area contributed by atoms with Crippen LogP contribution >= 0.6 is 0 Å². The van der Waals surface area contributed by atoms with E-state index in [1.165, 1.54) is 25.0 Å². The second kappa shape index (κ2) is 4.78. The van der Waals surface area contributed by atoms with Crippen LogP contribution in [0.4, 0.5) is 0 Å². The van der Waals surface area contributed by atoms with Gasteiger partial charge >= 0.3 is 0 Å². The Morgan fingerprint density at radius 3 is 2.65 bits per heavy atom. The van der Waals surface area contributed by atoms with Crippen molar-refractivity contribution in [2.45, 2.75) is 38.0 Å². The monoisotopic (exact) mass is 235 g/mol. The minimum Gasteiger partial charge on any atom is -0.445 e. The minimum absolute atomic E-state index is 0.477. The molecule has 2 aliphatic heterocycles. The number of rotatable bonds is 2. The van der Waals surface area contributed by atoms with Gasteiger partial charge in [-0.3, -0.25) is 0 Å². The first-order chi connectivity index (χ1) is 8.34. The van der Waals surface area contributed by atoms with Crippen molar-refractivity contribution in [1.29, 1.82) is 0 Å². The van der Waals surface area contributed by atoms with Crippen molar-refractivity contribution in [2.24, 2.45) is 0 Å². The Morgan fingerprint density at radius 1 is 1.12 bits per heavy atom. The molecular weight excluding hydrogens is 214 g/mol. The molecule has 0 aromatic carbocycles. The average molecular weight is 235 g/mol. The summed E-state index contributed by atoms with van der Waals surface area (Å²) in [5.41, 5.74) is 1.19. The summed E-state index contributed by atoms with van der Waals surface area (Å²) in [6, 6.07) is 0. The van der Waals surface area contributed by atoms with E-state index < -0.39 is 0 Å². The number of oxazole rings is 1. The van der Waals surface area contributed by atoms with Gasteiger partial charge in [0.15, 0.2) is 5.89 Å². The maximum absolute atomic E-state index is 5.89. The molecule has 3 heterocycles. The molecule has 0 amide bonds. The van der Waals surface area contributed by atoms with E-state index in [-0.39, 0.29) is 0 Å². The topological polar surface area (TPSA) is 50.1 Å². The van der Waals surface area contributed by atoms with Crippen LogP contribution in [0.3, 0.4) is 0 Å². The zero-order chi connectivity index (χ0) is 11.7. The smallest absolute Gasteiger partial charge is 0.199 e. The standard InChI is InChI=1S/C13H21N3O/c1-9-12(10-4-6-15-7-10)16-13(17-9)11-3-2-5-14-8-11/h10-11,14-15H,2-8H2,1H3. The molecule has 0 spiro atoms. The summed E-state index contributed by atoms with van der Waals surface area (Å²) >= 11 is 0. The molecular formula is C13H21N3O. The van der Waals surface area contributed by atoms with Crippen molar-refractivity contribution in [3.63, 3.8) is 0 Å². The lowest BCUT2D eigenvalue weighted by Gasteiger charge is -2.19. The van der Waals surface area contributed by atoms with Crippen molar-refractivity contribution >= 4 is 0 Å². The van der Waals surface area contributed by atoms with Crippen LogP contribution in [0.5, 0.6) is 0 Å². The van der Waals surface area contributed by atoms with E-state index >= 15 is 0 Å². The molecule has 1 aromatic rings. The normalized spacial score (nSPS) is 29.7. The predicted molar refractivity (Wildman–Crippen MR) is 66.3 cm³/mol. The van der Waals surface area contributed by atoms with Crippen LogP contribution in [0.1, 0.15) is 48.4 Å². The summed E-state index contributed by atoms with van der Waals surface area (Å²) in [6.45, 7) is 6.37. The van der Waals surface area contributed by atoms with Crippen LogP contribution in [0.25, 0.3) is 0 Å². The molecule has 0 saturated carbocycles. The third-order valence-electron chi connectivity index (χ3n) is 3.94. The molecule has 4 nitrogen and oxygen atoms in total. The third-order valence-corrected chi connectivity index (χ3v) is 3.94. The summed E-state index contributed by atoms with van der Waals surface area (Å²) in [7, 11) is 0. The fraction of sp³-hybridized carbons (Fsp3) is 0.769. The second-order valence-corrected chi connectivity index (χ2v) is 5.23. The Bertz CT molecular complexity index is 376. The second-order valence-electron chi connectivity index (χ2n) is 5.23. The molecule has 17 heavy (non-hydrogen) atoms. The molecule has 1 aromatic heterocycles. The molecule has 2 N–H and O–H groups in total. The Morgan fingerprint density at radius 2 is 1.94 bits per heavy atom. The quantitative estimate of drug-likeness (QED) is 0.816. The van der Waals surface area contributed by atoms with E-state index in [9.17, 15) is 0 Å². The highest BCUT2D eigenvalue weighted by atomic mass is 16.4. The van der Waals surface area contributed by atoms with Crippen LogP contribution in [0, 0.1) is 6.92 Å². The van der Waals surface area contributed by atoms with Gasteiger partial charge in [-0.15, -0.1) is 0 Å². The van der Waals surface area contributed by atoms with Crippen LogP contribution in [-0.4, -0.2) is 31.2 Å². The van der Waals surface area contributed by atoms with E-state index in [0.29, 0.717) is 11.8 Å². The molecule has 2 aliphatic rings. The van der Waals surface area contributed by atoms with Crippen molar-refractivity contribution < 1.29 is 4.42 Å². The van der Waals surface area contributed by atoms with Crippen molar-refractivity contribution in [3.05, 3.63) is 17.3 Å². The maximum atomic E-state index is 5.89. The van der Waals surface area contributed by atoms with Gasteiger partial charge in [0.1, 0.15) is 5.76 Å². The molecule has 94 valence electrons. The van der Waals surface area contributed by atoms with Crippen LogP contribution in [0.15, 0.2) is 4.42 Å². The molecule has 2 atom stereocenters. The summed E-state index contributed by atoms with van der Waals surface area (Å²) in [4.78, 5) is 4.77. The van der Waals surface area contributed by atoms with Gasteiger partial charge < -0.3 is 15.1 Å². The number of aryl methyl sites for hydroxylation is 1. The van der Waals surface area contributed by atoms with E-state index in [1.54, 1.807) is 0 Å². The van der Waals surface area contributed by atoms with E-state index in [2.05, 4.69) is 17.6 Å². The summed E-state index contributed by atoms with van der Waals surface area (Å²) < 4.78 is 5.89. The molecule has 2 unspecified atom stereocenters. The van der Waals surface area contributed by atoms with Gasteiger partial charge in [-0.2, -0.15) is 0 Å². The van der Waals surface area contributed by atoms with Crippen LogP contribution < -0.4 is 10.6 Å². The van der Waals surface area contributed by atoms with Crippen molar-refractivity contribution in [2.75, 3.05) is 26.2 Å². The molecule has 0 aliphatic carbocycles. The number of aromatic nitrogens is 1. The molecule has 2 saturated heterocycles. The van der Waals surface area contributed by atoms with Gasteiger partial charge in [-0.25, -0.2) is 4.98 Å². The Kier molecular flexibility index (Phi) is 3.16. The summed E-state index contributed by atoms with van der Waals surface area (Å²) in [5.74, 6) is 3.02. The van der Waals surface area contributed by atoms with E-state index in [0.717, 1.165) is 37.8 Å². The zero-order valence-corrected chi connectivity index (χ0v) is 10.5. The zero-order valence-electron chi connectivity index (χ0n) is 10.5. The number of hydrogen-bond acceptors (Lipinski definition) is 4. The largest absolute Gasteiger partial charge is 0.445 e. The number of nitrogens with one attached hydrogen (secondary N) is 2. The van der Waals surface area contributed by atoms with Gasteiger partial charge in [-0.05, 0) is 39.3 Å². The first kappa shape index (κ1) is 11.2. The maximum Gasteiger partial charge on any atom is 0.199 e. The fourth-order valence-corrected chi connectivity index (χ4v) is 2.93. The van der Waals surface area contributed by atoms with Gasteiger partial charge in [0.2, 0.25) is 0 Å². The molecule has 2 fully saturated rings. The molecule has 0 radical (unpaired) electrons. The van der Waals surface area contributed by atoms with E-state index in [4.69, 9.17) is 9.40 Å². The Hall–Kier alpha value is -0.870. The summed E-state index contributed by atoms with van der Waals surface area (Å²) in [6.07, 6.45) is 3.62. The Balaban J connectivity index is 1.79.